The van der Waals surface area contributed by atoms with Gasteiger partial charge in [0.2, 0.25) is 11.6 Å². The normalized spacial score (nSPS) is 18.7. The van der Waals surface area contributed by atoms with Crippen LogP contribution in [0.1, 0.15) is 32.4 Å². The number of halogens is 1. The molecule has 2 aliphatic heterocycles. The molecule has 7 nitrogen and oxygen atoms in total. The van der Waals surface area contributed by atoms with E-state index in [0.717, 1.165) is 17.4 Å². The van der Waals surface area contributed by atoms with Crippen molar-refractivity contribution in [3.8, 4) is 0 Å². The quantitative estimate of drug-likeness (QED) is 0.240. The van der Waals surface area contributed by atoms with E-state index in [2.05, 4.69) is 10.6 Å². The van der Waals surface area contributed by atoms with Gasteiger partial charge >= 0.3 is 0 Å². The molecule has 8 heteroatoms. The van der Waals surface area contributed by atoms with Crippen LogP contribution in [0.5, 0.6) is 0 Å². The highest BCUT2D eigenvalue weighted by Crippen LogP contribution is 2.33. The lowest BCUT2D eigenvalue weighted by Crippen LogP contribution is -2.21. The minimum atomic E-state index is -0.776. The van der Waals surface area contributed by atoms with Crippen molar-refractivity contribution < 1.29 is 28.2 Å². The third kappa shape index (κ3) is 4.22. The number of nitrogens with one attached hydrogen (secondary N) is 2. The van der Waals surface area contributed by atoms with Crippen LogP contribution in [0.4, 0.5) is 15.8 Å². The fourth-order valence-corrected chi connectivity index (χ4v) is 3.93. The zero-order valence-corrected chi connectivity index (χ0v) is 18.2. The van der Waals surface area contributed by atoms with Crippen LogP contribution in [0.3, 0.4) is 0 Å². The van der Waals surface area contributed by atoms with E-state index in [1.807, 2.05) is 30.3 Å². The number of anilines is 2. The number of ether oxygens (including phenoxy) is 3. The number of allylic oxidation sites excluding steroid dienone is 1. The SMILES string of the molecule is COC1OCC(c2cccc(C(=O)C(C(=O)c3cccc(F)c3)=C3Nc4ccccc4N3)c2)O1. The number of carbonyl (C=O) groups is 2. The Bertz CT molecular complexity index is 1280. The van der Waals surface area contributed by atoms with Crippen LogP contribution in [0.25, 0.3) is 0 Å². The second-order valence-electron chi connectivity index (χ2n) is 7.82. The third-order valence-corrected chi connectivity index (χ3v) is 5.61. The number of ketones is 2. The predicted octanol–water partition coefficient (Wildman–Crippen LogP) is 4.66. The van der Waals surface area contributed by atoms with Crippen LogP contribution in [-0.2, 0) is 14.2 Å². The molecule has 0 saturated carbocycles. The first-order chi connectivity index (χ1) is 16.5. The maximum Gasteiger partial charge on any atom is 0.272 e. The van der Waals surface area contributed by atoms with Gasteiger partial charge in [-0.1, -0.05) is 42.5 Å². The van der Waals surface area contributed by atoms with Gasteiger partial charge in [-0.25, -0.2) is 4.39 Å². The van der Waals surface area contributed by atoms with E-state index in [1.165, 1.54) is 25.3 Å². The van der Waals surface area contributed by atoms with Crippen LogP contribution in [0.15, 0.2) is 84.2 Å². The molecule has 2 aliphatic rings. The van der Waals surface area contributed by atoms with Crippen molar-refractivity contribution in [2.45, 2.75) is 12.6 Å². The molecule has 0 radical (unpaired) electrons. The van der Waals surface area contributed by atoms with Gasteiger partial charge in [-0.05, 0) is 35.9 Å². The number of hydrogen-bond donors (Lipinski definition) is 2. The Labute approximate surface area is 195 Å². The molecule has 2 heterocycles. The Kier molecular flexibility index (Phi) is 5.93. The standard InChI is InChI=1S/C26H21FN2O5/c1-32-26-33-14-21(34-26)15-6-4-7-16(12-15)23(30)22(24(31)17-8-5-9-18(27)13-17)25-28-19-10-2-3-11-20(19)29-25/h2-13,21,26,28-29H,14H2,1H3. The average molecular weight is 460 g/mol. The molecule has 0 aromatic heterocycles. The summed E-state index contributed by atoms with van der Waals surface area (Å²) in [5.74, 6) is -1.43. The summed E-state index contributed by atoms with van der Waals surface area (Å²) in [7, 11) is 1.48. The molecule has 3 aromatic rings. The van der Waals surface area contributed by atoms with Gasteiger partial charge in [-0.15, -0.1) is 0 Å². The molecular formula is C26H21FN2O5. The molecular weight excluding hydrogens is 439 g/mol. The van der Waals surface area contributed by atoms with Crippen LogP contribution < -0.4 is 10.6 Å². The van der Waals surface area contributed by atoms with Crippen molar-refractivity contribution in [2.24, 2.45) is 0 Å². The Balaban J connectivity index is 1.54. The van der Waals surface area contributed by atoms with Gasteiger partial charge < -0.3 is 24.8 Å². The molecule has 3 aromatic carbocycles. The van der Waals surface area contributed by atoms with Gasteiger partial charge in [0.25, 0.3) is 6.48 Å². The first-order valence-electron chi connectivity index (χ1n) is 10.7. The molecule has 172 valence electrons. The number of methoxy groups -OCH3 is 1. The van der Waals surface area contributed by atoms with E-state index in [4.69, 9.17) is 14.2 Å². The number of para-hydroxylation sites is 2. The van der Waals surface area contributed by atoms with E-state index >= 15 is 0 Å². The van der Waals surface area contributed by atoms with Crippen molar-refractivity contribution in [3.63, 3.8) is 0 Å². The number of benzene rings is 3. The van der Waals surface area contributed by atoms with Crippen LogP contribution in [0.2, 0.25) is 0 Å². The molecule has 2 N–H and O–H groups in total. The number of Topliss-reactive ketones (excluding diaryl/α,β-unsaturated/α-hetero) is 2. The number of carbonyl (C=O) groups excluding carboxylic acids is 2. The average Bonchev–Trinajstić information content (AvgIpc) is 3.51. The number of rotatable bonds is 6. The van der Waals surface area contributed by atoms with Gasteiger partial charge in [0.1, 0.15) is 23.3 Å². The molecule has 1 fully saturated rings. The summed E-state index contributed by atoms with van der Waals surface area (Å²) in [5.41, 5.74) is 2.40. The third-order valence-electron chi connectivity index (χ3n) is 5.61. The van der Waals surface area contributed by atoms with Crippen molar-refractivity contribution in [1.29, 1.82) is 0 Å². The monoisotopic (exact) mass is 460 g/mol. The van der Waals surface area contributed by atoms with Crippen LogP contribution in [0, 0.1) is 5.82 Å². The minimum Gasteiger partial charge on any atom is -0.339 e. The lowest BCUT2D eigenvalue weighted by atomic mass is 9.94. The molecule has 5 rings (SSSR count). The molecule has 1 saturated heterocycles. The van der Waals surface area contributed by atoms with Gasteiger partial charge in [0.05, 0.1) is 18.0 Å². The fraction of sp³-hybridized carbons (Fsp3) is 0.154. The summed E-state index contributed by atoms with van der Waals surface area (Å²) in [6, 6.07) is 19.4. The largest absolute Gasteiger partial charge is 0.339 e. The van der Waals surface area contributed by atoms with E-state index in [0.29, 0.717) is 5.56 Å². The van der Waals surface area contributed by atoms with Crippen LogP contribution >= 0.6 is 0 Å². The summed E-state index contributed by atoms with van der Waals surface area (Å²) in [6.45, 7) is -0.507. The van der Waals surface area contributed by atoms with Gasteiger partial charge in [0.15, 0.2) is 0 Å². The van der Waals surface area contributed by atoms with Crippen molar-refractivity contribution in [2.75, 3.05) is 24.4 Å². The topological polar surface area (TPSA) is 85.9 Å². The van der Waals surface area contributed by atoms with Gasteiger partial charge in [0, 0.05) is 18.2 Å². The van der Waals surface area contributed by atoms with E-state index in [1.54, 1.807) is 18.2 Å². The van der Waals surface area contributed by atoms with Gasteiger partial charge in [-0.2, -0.15) is 0 Å². The fourth-order valence-electron chi connectivity index (χ4n) is 3.93. The molecule has 0 amide bonds. The van der Waals surface area contributed by atoms with Crippen LogP contribution in [-0.4, -0.2) is 31.8 Å². The van der Waals surface area contributed by atoms with E-state index in [9.17, 15) is 14.0 Å². The van der Waals surface area contributed by atoms with E-state index in [-0.39, 0.29) is 29.1 Å². The second kappa shape index (κ2) is 9.18. The molecule has 2 atom stereocenters. The first-order valence-corrected chi connectivity index (χ1v) is 10.7. The molecule has 0 aliphatic carbocycles. The highest BCUT2D eigenvalue weighted by atomic mass is 19.1. The molecule has 0 spiro atoms. The summed E-state index contributed by atoms with van der Waals surface area (Å²) >= 11 is 0. The molecule has 34 heavy (non-hydrogen) atoms. The summed E-state index contributed by atoms with van der Waals surface area (Å²) in [6.07, 6.45) is -0.417. The zero-order valence-electron chi connectivity index (χ0n) is 18.2. The predicted molar refractivity (Wildman–Crippen MR) is 123 cm³/mol. The zero-order chi connectivity index (χ0) is 23.7. The number of fused-ring (bicyclic) bond motifs is 1. The summed E-state index contributed by atoms with van der Waals surface area (Å²) < 4.78 is 30.0. The second-order valence-corrected chi connectivity index (χ2v) is 7.82. The first kappa shape index (κ1) is 22.0. The van der Waals surface area contributed by atoms with E-state index < -0.39 is 30.0 Å². The lowest BCUT2D eigenvalue weighted by Gasteiger charge is -2.14. The summed E-state index contributed by atoms with van der Waals surface area (Å²) in [5, 5.41) is 6.21. The van der Waals surface area contributed by atoms with Crippen molar-refractivity contribution in [3.05, 3.63) is 107 Å². The summed E-state index contributed by atoms with van der Waals surface area (Å²) in [4.78, 5) is 27.2. The molecule has 2 unspecified atom stereocenters. The minimum absolute atomic E-state index is 0.0713. The Morgan fingerprint density at radius 2 is 1.56 bits per heavy atom. The lowest BCUT2D eigenvalue weighted by molar-refractivity contribution is -0.223. The highest BCUT2D eigenvalue weighted by molar-refractivity contribution is 6.32. The van der Waals surface area contributed by atoms with Crippen molar-refractivity contribution >= 4 is 22.9 Å². The maximum absolute atomic E-state index is 13.9. The molecule has 0 bridgehead atoms. The number of hydrogen-bond acceptors (Lipinski definition) is 7. The van der Waals surface area contributed by atoms with Gasteiger partial charge in [-0.3, -0.25) is 9.59 Å². The maximum atomic E-state index is 13.9. The Morgan fingerprint density at radius 3 is 2.18 bits per heavy atom. The highest BCUT2D eigenvalue weighted by Gasteiger charge is 2.31. The smallest absolute Gasteiger partial charge is 0.272 e. The Morgan fingerprint density at radius 1 is 0.912 bits per heavy atom. The van der Waals surface area contributed by atoms with Crippen molar-refractivity contribution in [1.82, 2.24) is 0 Å². The Hall–Kier alpha value is -3.85.